The van der Waals surface area contributed by atoms with Crippen molar-refractivity contribution in [3.8, 4) is 0 Å². The molecular weight excluding hydrogens is 381 g/mol. The smallest absolute Gasteiger partial charge is 0.263 e. The molecule has 0 aromatic heterocycles. The second-order valence-corrected chi connectivity index (χ2v) is 9.41. The summed E-state index contributed by atoms with van der Waals surface area (Å²) < 4.78 is 50.0. The Morgan fingerprint density at radius 1 is 0.913 bits per heavy atom. The predicted octanol–water partition coefficient (Wildman–Crippen LogP) is 3.51. The number of benzene rings is 2. The van der Waals surface area contributed by atoms with Gasteiger partial charge in [-0.1, -0.05) is 23.2 Å². The third-order valence-corrected chi connectivity index (χ3v) is 6.42. The van der Waals surface area contributed by atoms with E-state index in [-0.39, 0.29) is 20.5 Å². The average Bonchev–Trinajstić information content (AvgIpc) is 2.41. The second kappa shape index (κ2) is 6.32. The van der Waals surface area contributed by atoms with E-state index in [2.05, 4.69) is 4.72 Å². The summed E-state index contributed by atoms with van der Waals surface area (Å²) in [7, 11) is -7.27. The van der Waals surface area contributed by atoms with Crippen molar-refractivity contribution in [1.82, 2.24) is 0 Å². The van der Waals surface area contributed by atoms with Crippen LogP contribution in [0.15, 0.2) is 46.2 Å². The molecule has 0 unspecified atom stereocenters. The number of sulfone groups is 1. The highest BCUT2D eigenvalue weighted by atomic mass is 35.5. The number of anilines is 1. The lowest BCUT2D eigenvalue weighted by molar-refractivity contribution is 0.600. The van der Waals surface area contributed by atoms with Gasteiger partial charge >= 0.3 is 0 Å². The minimum atomic E-state index is -3.92. The number of nitrogens with one attached hydrogen (secondary N) is 1. The molecule has 0 fully saturated rings. The fraction of sp³-hybridized carbons (Fsp3) is 0.143. The van der Waals surface area contributed by atoms with Gasteiger partial charge in [0, 0.05) is 17.0 Å². The van der Waals surface area contributed by atoms with E-state index in [4.69, 9.17) is 23.2 Å². The third-order valence-electron chi connectivity index (χ3n) is 3.04. The van der Waals surface area contributed by atoms with E-state index in [9.17, 15) is 16.8 Å². The van der Waals surface area contributed by atoms with Gasteiger partial charge in [-0.3, -0.25) is 4.72 Å². The molecule has 124 valence electrons. The first-order chi connectivity index (χ1) is 10.5. The Hall–Kier alpha value is -1.28. The number of rotatable bonds is 4. The Balaban J connectivity index is 2.37. The van der Waals surface area contributed by atoms with Crippen LogP contribution in [-0.4, -0.2) is 23.1 Å². The number of hydrogen-bond acceptors (Lipinski definition) is 4. The molecule has 0 spiro atoms. The van der Waals surface area contributed by atoms with Crippen LogP contribution in [0, 0.1) is 6.92 Å². The van der Waals surface area contributed by atoms with Crippen LogP contribution in [0.1, 0.15) is 5.56 Å². The van der Waals surface area contributed by atoms with Gasteiger partial charge in [-0.15, -0.1) is 0 Å². The maximum Gasteiger partial charge on any atom is 0.263 e. The first-order valence-corrected chi connectivity index (χ1v) is 10.4. The number of hydrogen-bond donors (Lipinski definition) is 1. The summed E-state index contributed by atoms with van der Waals surface area (Å²) in [6, 6.07) is 8.11. The van der Waals surface area contributed by atoms with Crippen LogP contribution in [0.3, 0.4) is 0 Å². The Kier molecular flexibility index (Phi) is 4.96. The van der Waals surface area contributed by atoms with Crippen LogP contribution in [0.4, 0.5) is 5.69 Å². The zero-order valence-corrected chi connectivity index (χ0v) is 15.3. The SMILES string of the molecule is Cc1cc(S(=O)(=O)Nc2ccc(S(C)(=O)=O)cc2)c(Cl)cc1Cl. The molecule has 5 nitrogen and oxygen atoms in total. The predicted molar refractivity (Wildman–Crippen MR) is 91.6 cm³/mol. The molecular formula is C14H13Cl2NO4S2. The van der Waals surface area contributed by atoms with Gasteiger partial charge in [0.1, 0.15) is 4.90 Å². The van der Waals surface area contributed by atoms with Gasteiger partial charge in [-0.05, 0) is 48.9 Å². The van der Waals surface area contributed by atoms with Crippen molar-refractivity contribution in [3.63, 3.8) is 0 Å². The number of halogens is 2. The second-order valence-electron chi connectivity index (χ2n) is 4.93. The van der Waals surface area contributed by atoms with Gasteiger partial charge in [0.25, 0.3) is 10.0 Å². The van der Waals surface area contributed by atoms with Crippen LogP contribution < -0.4 is 4.72 Å². The first kappa shape index (κ1) is 18.1. The van der Waals surface area contributed by atoms with E-state index in [1.54, 1.807) is 6.92 Å². The standard InChI is InChI=1S/C14H13Cl2NO4S2/c1-9-7-14(13(16)8-12(9)15)23(20,21)17-10-3-5-11(6-4-10)22(2,18)19/h3-8,17H,1-2H3. The van der Waals surface area contributed by atoms with Gasteiger partial charge in [-0.2, -0.15) is 0 Å². The topological polar surface area (TPSA) is 80.3 Å². The van der Waals surface area contributed by atoms with Crippen LogP contribution in [0.2, 0.25) is 10.0 Å². The van der Waals surface area contributed by atoms with Crippen molar-refractivity contribution >= 4 is 48.7 Å². The normalized spacial score (nSPS) is 12.2. The lowest BCUT2D eigenvalue weighted by Crippen LogP contribution is -2.14. The molecule has 0 saturated heterocycles. The zero-order valence-electron chi connectivity index (χ0n) is 12.2. The molecule has 9 heteroatoms. The molecule has 2 rings (SSSR count). The van der Waals surface area contributed by atoms with Crippen molar-refractivity contribution in [2.24, 2.45) is 0 Å². The summed E-state index contributed by atoms with van der Waals surface area (Å²) >= 11 is 11.9. The summed E-state index contributed by atoms with van der Waals surface area (Å²) in [4.78, 5) is -0.00549. The summed E-state index contributed by atoms with van der Waals surface area (Å²) in [6.45, 7) is 1.67. The zero-order chi connectivity index (χ0) is 17.4. The molecule has 2 aromatic rings. The molecule has 0 amide bonds. The van der Waals surface area contributed by atoms with Crippen molar-refractivity contribution in [3.05, 3.63) is 52.0 Å². The first-order valence-electron chi connectivity index (χ1n) is 6.29. The van der Waals surface area contributed by atoms with Crippen LogP contribution >= 0.6 is 23.2 Å². The summed E-state index contributed by atoms with van der Waals surface area (Å²) in [5.41, 5.74) is 0.796. The van der Waals surface area contributed by atoms with Crippen molar-refractivity contribution < 1.29 is 16.8 Å². The summed E-state index contributed by atoms with van der Waals surface area (Å²) in [5, 5.41) is 0.368. The summed E-state index contributed by atoms with van der Waals surface area (Å²) in [5.74, 6) is 0. The largest absolute Gasteiger partial charge is 0.280 e. The number of sulfonamides is 1. The molecule has 0 radical (unpaired) electrons. The van der Waals surface area contributed by atoms with Gasteiger partial charge in [-0.25, -0.2) is 16.8 Å². The lowest BCUT2D eigenvalue weighted by Gasteiger charge is -2.11. The van der Waals surface area contributed by atoms with E-state index >= 15 is 0 Å². The van der Waals surface area contributed by atoms with E-state index in [0.29, 0.717) is 10.6 Å². The Morgan fingerprint density at radius 2 is 1.48 bits per heavy atom. The molecule has 0 bridgehead atoms. The van der Waals surface area contributed by atoms with E-state index in [0.717, 1.165) is 6.26 Å². The van der Waals surface area contributed by atoms with Crippen molar-refractivity contribution in [2.75, 3.05) is 11.0 Å². The summed E-state index contributed by atoms with van der Waals surface area (Å²) in [6.07, 6.45) is 1.07. The maximum atomic E-state index is 12.4. The van der Waals surface area contributed by atoms with E-state index in [1.165, 1.54) is 36.4 Å². The monoisotopic (exact) mass is 393 g/mol. The van der Waals surface area contributed by atoms with Gasteiger partial charge in [0.2, 0.25) is 0 Å². The Labute approximate surface area is 145 Å². The highest BCUT2D eigenvalue weighted by molar-refractivity contribution is 7.92. The molecule has 1 N–H and O–H groups in total. The third kappa shape index (κ3) is 4.17. The molecule has 23 heavy (non-hydrogen) atoms. The molecule has 0 aliphatic carbocycles. The highest BCUT2D eigenvalue weighted by Crippen LogP contribution is 2.29. The Morgan fingerprint density at radius 3 is 2.00 bits per heavy atom. The molecule has 2 aromatic carbocycles. The average molecular weight is 394 g/mol. The fourth-order valence-corrected chi connectivity index (χ4v) is 4.34. The molecule has 0 atom stereocenters. The number of aryl methyl sites for hydroxylation is 1. The molecule has 0 heterocycles. The quantitative estimate of drug-likeness (QED) is 0.861. The Bertz CT molecular complexity index is 953. The van der Waals surface area contributed by atoms with E-state index in [1.807, 2.05) is 0 Å². The highest BCUT2D eigenvalue weighted by Gasteiger charge is 2.20. The van der Waals surface area contributed by atoms with Crippen molar-refractivity contribution in [2.45, 2.75) is 16.7 Å². The minimum absolute atomic E-state index is 0.000793. The van der Waals surface area contributed by atoms with Crippen molar-refractivity contribution in [1.29, 1.82) is 0 Å². The van der Waals surface area contributed by atoms with Crippen LogP contribution in [0.5, 0.6) is 0 Å². The fourth-order valence-electron chi connectivity index (χ4n) is 1.82. The van der Waals surface area contributed by atoms with Gasteiger partial charge in [0.05, 0.1) is 9.92 Å². The van der Waals surface area contributed by atoms with Crippen LogP contribution in [-0.2, 0) is 19.9 Å². The molecule has 0 saturated carbocycles. The molecule has 0 aliphatic rings. The maximum absolute atomic E-state index is 12.4. The van der Waals surface area contributed by atoms with E-state index < -0.39 is 19.9 Å². The minimum Gasteiger partial charge on any atom is -0.280 e. The van der Waals surface area contributed by atoms with Crippen LogP contribution in [0.25, 0.3) is 0 Å². The van der Waals surface area contributed by atoms with Gasteiger partial charge in [0.15, 0.2) is 9.84 Å². The van der Waals surface area contributed by atoms with Gasteiger partial charge < -0.3 is 0 Å². The molecule has 0 aliphatic heterocycles. The lowest BCUT2D eigenvalue weighted by atomic mass is 10.2.